The molecule has 34 heavy (non-hydrogen) atoms. The van der Waals surface area contributed by atoms with E-state index in [4.69, 9.17) is 27.8 Å². The van der Waals surface area contributed by atoms with Crippen molar-refractivity contribution in [2.75, 3.05) is 44.8 Å². The van der Waals surface area contributed by atoms with Crippen LogP contribution in [0, 0.1) is 5.92 Å². The molecule has 0 spiro atoms. The maximum Gasteiger partial charge on any atom is 0.240 e. The number of methoxy groups -OCH3 is 1. The van der Waals surface area contributed by atoms with Gasteiger partial charge >= 0.3 is 0 Å². The number of rotatable bonds is 10. The number of hydrogen-bond acceptors (Lipinski definition) is 7. The van der Waals surface area contributed by atoms with E-state index in [2.05, 4.69) is 25.6 Å². The number of ketones is 1. The van der Waals surface area contributed by atoms with Crippen LogP contribution < -0.4 is 20.9 Å². The molecule has 2 aromatic rings. The Morgan fingerprint density at radius 2 is 1.91 bits per heavy atom. The standard InChI is InChI=1S/C23H30BrClN4O4S/c1-33-23-14-21(27)19(25)13-17(23)22(30)5-2-15-6-9-29(10-7-15)11-8-28-34(31,32)16-3-4-20(26)18(24)12-16/h3-4,12-15,28H,2,5-11,26-27H2,1H3. The summed E-state index contributed by atoms with van der Waals surface area (Å²) in [4.78, 5) is 15.1. The van der Waals surface area contributed by atoms with Crippen LogP contribution in [0.2, 0.25) is 5.02 Å². The Hall–Kier alpha value is -1.85. The summed E-state index contributed by atoms with van der Waals surface area (Å²) in [5.41, 5.74) is 12.9. The van der Waals surface area contributed by atoms with E-state index in [1.807, 2.05) is 0 Å². The Balaban J connectivity index is 1.42. The minimum atomic E-state index is -3.59. The molecule has 0 atom stereocenters. The van der Waals surface area contributed by atoms with Crippen molar-refractivity contribution in [2.24, 2.45) is 5.92 Å². The van der Waals surface area contributed by atoms with E-state index in [1.54, 1.807) is 18.2 Å². The molecule has 1 aliphatic rings. The molecule has 1 saturated heterocycles. The van der Waals surface area contributed by atoms with Gasteiger partial charge in [-0.05, 0) is 78.5 Å². The number of carbonyl (C=O) groups excluding carboxylic acids is 1. The van der Waals surface area contributed by atoms with E-state index in [-0.39, 0.29) is 10.7 Å². The molecule has 8 nitrogen and oxygen atoms in total. The fourth-order valence-corrected chi connectivity index (χ4v) is 5.76. The number of nitrogen functional groups attached to an aromatic ring is 2. The zero-order chi connectivity index (χ0) is 24.9. The Morgan fingerprint density at radius 1 is 1.21 bits per heavy atom. The molecule has 0 amide bonds. The largest absolute Gasteiger partial charge is 0.496 e. The summed E-state index contributed by atoms with van der Waals surface area (Å²) < 4.78 is 33.5. The first-order chi connectivity index (χ1) is 16.1. The lowest BCUT2D eigenvalue weighted by Gasteiger charge is -2.31. The summed E-state index contributed by atoms with van der Waals surface area (Å²) in [6.07, 6.45) is 3.13. The molecule has 3 rings (SSSR count). The van der Waals surface area contributed by atoms with Crippen molar-refractivity contribution in [3.05, 3.63) is 45.4 Å². The highest BCUT2D eigenvalue weighted by Gasteiger charge is 2.22. The zero-order valence-electron chi connectivity index (χ0n) is 19.0. The number of ether oxygens (including phenoxy) is 1. The van der Waals surface area contributed by atoms with Crippen LogP contribution in [0.3, 0.4) is 0 Å². The highest BCUT2D eigenvalue weighted by Crippen LogP contribution is 2.31. The Bertz CT molecular complexity index is 1140. The summed E-state index contributed by atoms with van der Waals surface area (Å²) >= 11 is 9.34. The topological polar surface area (TPSA) is 128 Å². The van der Waals surface area contributed by atoms with Gasteiger partial charge in [0.15, 0.2) is 5.78 Å². The second-order valence-corrected chi connectivity index (χ2v) is 11.4. The van der Waals surface area contributed by atoms with Crippen LogP contribution in [0.4, 0.5) is 11.4 Å². The van der Waals surface area contributed by atoms with Gasteiger partial charge in [0.2, 0.25) is 10.0 Å². The number of benzene rings is 2. The monoisotopic (exact) mass is 572 g/mol. The smallest absolute Gasteiger partial charge is 0.240 e. The lowest BCUT2D eigenvalue weighted by molar-refractivity contribution is 0.0960. The maximum absolute atomic E-state index is 12.7. The molecule has 0 radical (unpaired) electrons. The molecule has 0 bridgehead atoms. The van der Waals surface area contributed by atoms with Gasteiger partial charge in [-0.3, -0.25) is 4.79 Å². The van der Waals surface area contributed by atoms with E-state index in [0.29, 0.717) is 57.6 Å². The molecule has 0 unspecified atom stereocenters. The molecule has 5 N–H and O–H groups in total. The van der Waals surface area contributed by atoms with E-state index < -0.39 is 10.0 Å². The van der Waals surface area contributed by atoms with Crippen LogP contribution in [-0.2, 0) is 10.0 Å². The Morgan fingerprint density at radius 3 is 2.56 bits per heavy atom. The minimum absolute atomic E-state index is 0.00936. The summed E-state index contributed by atoms with van der Waals surface area (Å²) in [5.74, 6) is 0.875. The van der Waals surface area contributed by atoms with E-state index in [9.17, 15) is 13.2 Å². The van der Waals surface area contributed by atoms with Crippen molar-refractivity contribution in [2.45, 2.75) is 30.6 Å². The highest BCUT2D eigenvalue weighted by atomic mass is 79.9. The molecule has 11 heteroatoms. The number of carbonyl (C=O) groups is 1. The predicted molar refractivity (Wildman–Crippen MR) is 139 cm³/mol. The van der Waals surface area contributed by atoms with Crippen LogP contribution in [0.15, 0.2) is 39.7 Å². The summed E-state index contributed by atoms with van der Waals surface area (Å²) in [6.45, 7) is 2.68. The van der Waals surface area contributed by atoms with Crippen LogP contribution in [0.5, 0.6) is 5.75 Å². The van der Waals surface area contributed by atoms with Gasteiger partial charge in [0.1, 0.15) is 5.75 Å². The molecule has 0 aromatic heterocycles. The first kappa shape index (κ1) is 26.7. The van der Waals surface area contributed by atoms with Crippen molar-refractivity contribution < 1.29 is 17.9 Å². The lowest BCUT2D eigenvalue weighted by Crippen LogP contribution is -2.39. The number of hydrogen-bond donors (Lipinski definition) is 3. The fraction of sp³-hybridized carbons (Fsp3) is 0.435. The first-order valence-electron chi connectivity index (χ1n) is 11.0. The predicted octanol–water partition coefficient (Wildman–Crippen LogP) is 3.93. The molecule has 1 heterocycles. The molecule has 0 aliphatic carbocycles. The first-order valence-corrected chi connectivity index (χ1v) is 13.7. The Labute approximate surface area is 214 Å². The average Bonchev–Trinajstić information content (AvgIpc) is 2.81. The number of nitrogens with two attached hydrogens (primary N) is 2. The summed E-state index contributed by atoms with van der Waals surface area (Å²) in [5, 5.41) is 0.345. The number of likely N-dealkylation sites (tertiary alicyclic amines) is 1. The van der Waals surface area contributed by atoms with Gasteiger partial charge in [0.25, 0.3) is 0 Å². The van der Waals surface area contributed by atoms with Gasteiger partial charge in [-0.1, -0.05) is 11.6 Å². The van der Waals surface area contributed by atoms with Gasteiger partial charge in [0.05, 0.1) is 28.3 Å². The third kappa shape index (κ3) is 6.85. The number of piperidine rings is 1. The molecule has 1 fully saturated rings. The quantitative estimate of drug-likeness (QED) is 0.290. The minimum Gasteiger partial charge on any atom is -0.496 e. The Kier molecular flexibility index (Phi) is 9.22. The highest BCUT2D eigenvalue weighted by molar-refractivity contribution is 9.10. The van der Waals surface area contributed by atoms with Crippen molar-refractivity contribution in [3.63, 3.8) is 0 Å². The van der Waals surface area contributed by atoms with Crippen LogP contribution in [-0.4, -0.2) is 52.4 Å². The van der Waals surface area contributed by atoms with Crippen molar-refractivity contribution >= 4 is 54.7 Å². The SMILES string of the molecule is COc1cc(N)c(Cl)cc1C(=O)CCC1CCN(CCNS(=O)(=O)c2ccc(N)c(Br)c2)CC1. The number of halogens is 2. The number of nitrogens with one attached hydrogen (secondary N) is 1. The number of sulfonamides is 1. The van der Waals surface area contributed by atoms with Gasteiger partial charge in [-0.2, -0.15) is 0 Å². The number of Topliss-reactive ketones (excluding diaryl/α,β-unsaturated/α-hetero) is 1. The molecule has 1 aliphatic heterocycles. The van der Waals surface area contributed by atoms with Crippen LogP contribution >= 0.6 is 27.5 Å². The van der Waals surface area contributed by atoms with Gasteiger partial charge in [-0.25, -0.2) is 13.1 Å². The number of anilines is 2. The normalized spacial score (nSPS) is 15.4. The molecule has 0 saturated carbocycles. The second-order valence-electron chi connectivity index (χ2n) is 8.40. The van der Waals surface area contributed by atoms with Crippen molar-refractivity contribution in [1.29, 1.82) is 0 Å². The molecular weight excluding hydrogens is 544 g/mol. The van der Waals surface area contributed by atoms with E-state index in [0.717, 1.165) is 32.4 Å². The van der Waals surface area contributed by atoms with E-state index >= 15 is 0 Å². The average molecular weight is 574 g/mol. The third-order valence-electron chi connectivity index (χ3n) is 6.11. The molecule has 2 aromatic carbocycles. The van der Waals surface area contributed by atoms with Crippen molar-refractivity contribution in [1.82, 2.24) is 9.62 Å². The zero-order valence-corrected chi connectivity index (χ0v) is 22.2. The lowest BCUT2D eigenvalue weighted by atomic mass is 9.90. The second kappa shape index (κ2) is 11.7. The third-order valence-corrected chi connectivity index (χ3v) is 8.58. The van der Waals surface area contributed by atoms with Gasteiger partial charge in [-0.15, -0.1) is 0 Å². The van der Waals surface area contributed by atoms with Crippen LogP contribution in [0.25, 0.3) is 0 Å². The molecular formula is C23H30BrClN4O4S. The van der Waals surface area contributed by atoms with Crippen LogP contribution in [0.1, 0.15) is 36.0 Å². The van der Waals surface area contributed by atoms with E-state index in [1.165, 1.54) is 19.2 Å². The van der Waals surface area contributed by atoms with Gasteiger partial charge in [0, 0.05) is 35.7 Å². The number of nitrogens with zero attached hydrogens (tertiary/aromatic N) is 1. The summed E-state index contributed by atoms with van der Waals surface area (Å²) in [7, 11) is -2.09. The molecule has 186 valence electrons. The van der Waals surface area contributed by atoms with Gasteiger partial charge < -0.3 is 21.1 Å². The maximum atomic E-state index is 12.7. The summed E-state index contributed by atoms with van der Waals surface area (Å²) in [6, 6.07) is 7.70. The fourth-order valence-electron chi connectivity index (χ4n) is 4.02. The van der Waals surface area contributed by atoms with Crippen molar-refractivity contribution in [3.8, 4) is 5.75 Å².